The summed E-state index contributed by atoms with van der Waals surface area (Å²) in [6.45, 7) is 0.879. The van der Waals surface area contributed by atoms with Gasteiger partial charge < -0.3 is 15.4 Å². The van der Waals surface area contributed by atoms with Crippen LogP contribution in [0.15, 0.2) is 65.6 Å². The van der Waals surface area contributed by atoms with Crippen molar-refractivity contribution in [3.8, 4) is 16.2 Å². The van der Waals surface area contributed by atoms with E-state index in [1.54, 1.807) is 12.1 Å². The molecule has 1 unspecified atom stereocenters. The number of sulfonamides is 1. The van der Waals surface area contributed by atoms with Gasteiger partial charge in [0.05, 0.1) is 15.8 Å². The van der Waals surface area contributed by atoms with E-state index in [-0.39, 0.29) is 24.0 Å². The van der Waals surface area contributed by atoms with Crippen molar-refractivity contribution in [3.63, 3.8) is 0 Å². The number of nitrogens with one attached hydrogen (secondary N) is 1. The normalized spacial score (nSPS) is 18.0. The van der Waals surface area contributed by atoms with Crippen LogP contribution in [0.4, 0.5) is 8.78 Å². The van der Waals surface area contributed by atoms with Gasteiger partial charge in [0, 0.05) is 29.6 Å². The van der Waals surface area contributed by atoms with E-state index >= 15 is 8.78 Å². The highest BCUT2D eigenvalue weighted by Crippen LogP contribution is 2.37. The van der Waals surface area contributed by atoms with Crippen LogP contribution >= 0.6 is 22.9 Å². The molecule has 43 heavy (non-hydrogen) atoms. The topological polar surface area (TPSA) is 102 Å². The van der Waals surface area contributed by atoms with Gasteiger partial charge in [-0.3, -0.25) is 4.79 Å². The SMILES string of the molecule is NC1CCN(C(=O)C(NS(=O)(=O)c2ccc(OCC3CCCCC3)cc2)C(F)(F)c2ccc(-c3ccc(Cl)s3)cc2)CC1. The zero-order valence-electron chi connectivity index (χ0n) is 23.7. The molecule has 2 fully saturated rings. The van der Waals surface area contributed by atoms with Crippen molar-refractivity contribution < 1.29 is 26.7 Å². The number of benzene rings is 2. The first kappa shape index (κ1) is 31.8. The van der Waals surface area contributed by atoms with Crippen molar-refractivity contribution in [2.45, 2.75) is 67.8 Å². The molecule has 3 N–H and O–H groups in total. The van der Waals surface area contributed by atoms with Gasteiger partial charge in [-0.25, -0.2) is 8.42 Å². The Kier molecular flexibility index (Phi) is 10.1. The number of nitrogens with two attached hydrogens (primary N) is 1. The first-order valence-electron chi connectivity index (χ1n) is 14.6. The molecule has 3 aromatic rings. The molecule has 2 aromatic carbocycles. The summed E-state index contributed by atoms with van der Waals surface area (Å²) in [5, 5.41) is 0. The minimum absolute atomic E-state index is 0.142. The van der Waals surface area contributed by atoms with Crippen molar-refractivity contribution in [1.82, 2.24) is 9.62 Å². The molecule has 1 amide bonds. The van der Waals surface area contributed by atoms with Crippen molar-refractivity contribution in [1.29, 1.82) is 0 Å². The number of alkyl halides is 2. The van der Waals surface area contributed by atoms with Crippen LogP contribution in [0.5, 0.6) is 5.75 Å². The summed E-state index contributed by atoms with van der Waals surface area (Å²) < 4.78 is 67.7. The first-order valence-corrected chi connectivity index (χ1v) is 17.2. The fourth-order valence-electron chi connectivity index (χ4n) is 5.58. The molecule has 12 heteroatoms. The van der Waals surface area contributed by atoms with Crippen LogP contribution in [0.2, 0.25) is 4.34 Å². The Morgan fingerprint density at radius 3 is 2.26 bits per heavy atom. The summed E-state index contributed by atoms with van der Waals surface area (Å²) in [7, 11) is -4.52. The Balaban J connectivity index is 1.37. The third kappa shape index (κ3) is 7.75. The molecule has 232 valence electrons. The molecular weight excluding hydrogens is 616 g/mol. The van der Waals surface area contributed by atoms with Crippen LogP contribution in [0.25, 0.3) is 10.4 Å². The summed E-state index contributed by atoms with van der Waals surface area (Å²) in [6.07, 6.45) is 6.69. The third-order valence-corrected chi connectivity index (χ3v) is 10.9. The minimum atomic E-state index is -4.52. The predicted octanol–water partition coefficient (Wildman–Crippen LogP) is 6.42. The van der Waals surface area contributed by atoms with Crippen LogP contribution in [0.1, 0.15) is 50.5 Å². The highest BCUT2D eigenvalue weighted by molar-refractivity contribution is 7.89. The Hall–Kier alpha value is -2.57. The van der Waals surface area contributed by atoms with Gasteiger partial charge >= 0.3 is 0 Å². The number of hydrogen-bond acceptors (Lipinski definition) is 6. The van der Waals surface area contributed by atoms with E-state index in [9.17, 15) is 13.2 Å². The first-order chi connectivity index (χ1) is 20.5. The van der Waals surface area contributed by atoms with Crippen molar-refractivity contribution >= 4 is 38.9 Å². The number of nitrogens with zero attached hydrogens (tertiary/aromatic N) is 1. The van der Waals surface area contributed by atoms with Gasteiger partial charge in [-0.1, -0.05) is 55.1 Å². The monoisotopic (exact) mass is 651 g/mol. The van der Waals surface area contributed by atoms with E-state index in [1.165, 1.54) is 84.0 Å². The number of halogens is 3. The lowest BCUT2D eigenvalue weighted by Crippen LogP contribution is -2.57. The number of carbonyl (C=O) groups is 1. The molecule has 1 atom stereocenters. The number of carbonyl (C=O) groups excluding carboxylic acids is 1. The number of amides is 1. The lowest BCUT2D eigenvalue weighted by atomic mass is 9.90. The Bertz CT molecular complexity index is 1490. The third-order valence-electron chi connectivity index (χ3n) is 8.21. The fourth-order valence-corrected chi connectivity index (χ4v) is 7.82. The molecule has 0 bridgehead atoms. The van der Waals surface area contributed by atoms with E-state index < -0.39 is 33.5 Å². The summed E-state index contributed by atoms with van der Waals surface area (Å²) in [6, 6.07) is 12.1. The number of thiophene rings is 1. The Morgan fingerprint density at radius 2 is 1.65 bits per heavy atom. The van der Waals surface area contributed by atoms with Gasteiger partial charge in [-0.05, 0) is 73.6 Å². The number of piperidine rings is 1. The highest BCUT2D eigenvalue weighted by atomic mass is 35.5. The van der Waals surface area contributed by atoms with Crippen LogP contribution < -0.4 is 15.2 Å². The molecule has 1 aliphatic carbocycles. The molecule has 2 aliphatic rings. The number of hydrogen-bond donors (Lipinski definition) is 2. The second-order valence-corrected chi connectivity index (χ2v) is 14.7. The van der Waals surface area contributed by atoms with Crippen LogP contribution in [-0.2, 0) is 20.7 Å². The fraction of sp³-hybridized carbons (Fsp3) is 0.452. The van der Waals surface area contributed by atoms with Gasteiger partial charge in [-0.2, -0.15) is 13.5 Å². The van der Waals surface area contributed by atoms with E-state index in [4.69, 9.17) is 22.1 Å². The lowest BCUT2D eigenvalue weighted by molar-refractivity contribution is -0.145. The second kappa shape index (κ2) is 13.6. The smallest absolute Gasteiger partial charge is 0.298 e. The zero-order chi connectivity index (χ0) is 30.6. The second-order valence-electron chi connectivity index (χ2n) is 11.3. The highest BCUT2D eigenvalue weighted by Gasteiger charge is 2.50. The molecule has 0 spiro atoms. The predicted molar refractivity (Wildman–Crippen MR) is 165 cm³/mol. The molecule has 1 saturated heterocycles. The maximum atomic E-state index is 16.2. The van der Waals surface area contributed by atoms with Gasteiger partial charge in [0.25, 0.3) is 5.92 Å². The largest absolute Gasteiger partial charge is 0.493 e. The molecule has 1 aromatic heterocycles. The van der Waals surface area contributed by atoms with Crippen molar-refractivity contribution in [2.75, 3.05) is 19.7 Å². The van der Waals surface area contributed by atoms with E-state index in [0.717, 1.165) is 17.7 Å². The lowest BCUT2D eigenvalue weighted by Gasteiger charge is -2.35. The molecular formula is C31H36ClF2N3O4S2. The minimum Gasteiger partial charge on any atom is -0.493 e. The van der Waals surface area contributed by atoms with E-state index in [0.29, 0.717) is 41.0 Å². The van der Waals surface area contributed by atoms with Gasteiger partial charge in [0.1, 0.15) is 5.75 Å². The van der Waals surface area contributed by atoms with E-state index in [2.05, 4.69) is 4.72 Å². The quantitative estimate of drug-likeness (QED) is 0.264. The Morgan fingerprint density at radius 1 is 1.00 bits per heavy atom. The zero-order valence-corrected chi connectivity index (χ0v) is 26.1. The maximum Gasteiger partial charge on any atom is 0.298 e. The average molecular weight is 652 g/mol. The van der Waals surface area contributed by atoms with Gasteiger partial charge in [0.2, 0.25) is 15.9 Å². The van der Waals surface area contributed by atoms with Gasteiger partial charge in [-0.15, -0.1) is 11.3 Å². The number of rotatable bonds is 10. The Labute approximate surface area is 260 Å². The molecule has 0 radical (unpaired) electrons. The summed E-state index contributed by atoms with van der Waals surface area (Å²) in [5.41, 5.74) is 6.14. The number of ether oxygens (including phenoxy) is 1. The molecule has 1 saturated carbocycles. The van der Waals surface area contributed by atoms with Crippen molar-refractivity contribution in [2.24, 2.45) is 11.7 Å². The summed E-state index contributed by atoms with van der Waals surface area (Å²) >= 11 is 7.33. The van der Waals surface area contributed by atoms with Gasteiger partial charge in [0.15, 0.2) is 6.04 Å². The van der Waals surface area contributed by atoms with Crippen LogP contribution in [0.3, 0.4) is 0 Å². The van der Waals surface area contributed by atoms with E-state index in [1.807, 2.05) is 0 Å². The molecule has 2 heterocycles. The molecule has 1 aliphatic heterocycles. The van der Waals surface area contributed by atoms with Crippen LogP contribution in [0, 0.1) is 5.92 Å². The standard InChI is InChI=1S/C31H36ClF2N3O4S2/c32-28-15-14-27(42-28)22-6-8-23(9-7-22)31(33,34)29(30(38)37-18-16-24(35)17-19-37)36-43(39,40)26-12-10-25(11-13-26)41-20-21-4-2-1-3-5-21/h6-15,21,24,29,36H,1-5,16-20,35H2. The summed E-state index contributed by atoms with van der Waals surface area (Å²) in [5.74, 6) is -3.89. The molecule has 7 nitrogen and oxygen atoms in total. The summed E-state index contributed by atoms with van der Waals surface area (Å²) in [4.78, 5) is 15.4. The van der Waals surface area contributed by atoms with Crippen LogP contribution in [-0.4, -0.2) is 51.0 Å². The number of likely N-dealkylation sites (tertiary alicyclic amines) is 1. The molecule has 5 rings (SSSR count). The van der Waals surface area contributed by atoms with Crippen molar-refractivity contribution in [3.05, 3.63) is 70.6 Å². The average Bonchev–Trinajstić information content (AvgIpc) is 3.46. The maximum absolute atomic E-state index is 16.2.